The second-order valence-electron chi connectivity index (χ2n) is 2.49. The molecular weight excluding hydrogens is 169 g/mol. The zero-order chi connectivity index (χ0) is 9.68. The summed E-state index contributed by atoms with van der Waals surface area (Å²) in [5.74, 6) is 0.216. The number of hydrogen-bond donors (Lipinski definition) is 1. The average Bonchev–Trinajstić information content (AvgIpc) is 2.15. The van der Waals surface area contributed by atoms with Crippen molar-refractivity contribution in [3.05, 3.63) is 35.7 Å². The topological polar surface area (TPSA) is 35.2 Å². The molecule has 0 bridgehead atoms. The quantitative estimate of drug-likeness (QED) is 0.771. The summed E-state index contributed by atoms with van der Waals surface area (Å²) < 4.78 is 18.2. The molecule has 0 amide bonds. The van der Waals surface area contributed by atoms with E-state index in [-0.39, 0.29) is 5.82 Å². The van der Waals surface area contributed by atoms with Gasteiger partial charge in [-0.15, -0.1) is 0 Å². The molecule has 0 aliphatic rings. The summed E-state index contributed by atoms with van der Waals surface area (Å²) in [7, 11) is 1.51. The van der Waals surface area contributed by atoms with Gasteiger partial charge in [0.15, 0.2) is 0 Å². The fourth-order valence-corrected chi connectivity index (χ4v) is 1.04. The van der Waals surface area contributed by atoms with Crippen molar-refractivity contribution in [2.24, 2.45) is 5.73 Å². The fraction of sp³-hybridized carbons (Fsp3) is 0.200. The van der Waals surface area contributed by atoms with E-state index in [2.05, 4.69) is 0 Å². The minimum absolute atomic E-state index is 0.302. The maximum atomic E-state index is 13.2. The maximum Gasteiger partial charge on any atom is 0.134 e. The normalized spacial score (nSPS) is 10.7. The number of benzene rings is 1. The van der Waals surface area contributed by atoms with Crippen LogP contribution in [0.5, 0.6) is 5.75 Å². The summed E-state index contributed by atoms with van der Waals surface area (Å²) in [4.78, 5) is 0. The number of ether oxygens (including phenoxy) is 1. The molecule has 0 saturated heterocycles. The highest BCUT2D eigenvalue weighted by Crippen LogP contribution is 2.22. The van der Waals surface area contributed by atoms with Crippen LogP contribution in [0.3, 0.4) is 0 Å². The highest BCUT2D eigenvalue weighted by atomic mass is 19.1. The van der Waals surface area contributed by atoms with E-state index in [0.717, 1.165) is 0 Å². The molecule has 1 aromatic carbocycles. The second kappa shape index (κ2) is 4.62. The lowest BCUT2D eigenvalue weighted by Crippen LogP contribution is -1.94. The van der Waals surface area contributed by atoms with Crippen LogP contribution in [0.1, 0.15) is 5.56 Å². The van der Waals surface area contributed by atoms with Crippen LogP contribution >= 0.6 is 0 Å². The Morgan fingerprint density at radius 1 is 1.54 bits per heavy atom. The van der Waals surface area contributed by atoms with Crippen LogP contribution in [0.4, 0.5) is 4.39 Å². The number of nitrogens with two attached hydrogens (primary N) is 1. The van der Waals surface area contributed by atoms with Gasteiger partial charge in [0, 0.05) is 6.54 Å². The predicted molar refractivity (Wildman–Crippen MR) is 51.0 cm³/mol. The molecule has 70 valence electrons. The summed E-state index contributed by atoms with van der Waals surface area (Å²) in [6.07, 6.45) is 3.30. The van der Waals surface area contributed by atoms with Gasteiger partial charge >= 0.3 is 0 Å². The van der Waals surface area contributed by atoms with Gasteiger partial charge in [0.25, 0.3) is 0 Å². The molecule has 2 N–H and O–H groups in total. The molecule has 2 nitrogen and oxygen atoms in total. The predicted octanol–water partition coefficient (Wildman–Crippen LogP) is 1.81. The SMILES string of the molecule is COc1cccc(F)c1C=CCN. The fourth-order valence-electron chi connectivity index (χ4n) is 1.04. The number of halogens is 1. The first kappa shape index (κ1) is 9.74. The van der Waals surface area contributed by atoms with Gasteiger partial charge in [-0.2, -0.15) is 0 Å². The van der Waals surface area contributed by atoms with Crippen molar-refractivity contribution in [2.75, 3.05) is 13.7 Å². The van der Waals surface area contributed by atoms with Crippen molar-refractivity contribution in [1.29, 1.82) is 0 Å². The van der Waals surface area contributed by atoms with Crippen LogP contribution in [-0.2, 0) is 0 Å². The average molecular weight is 181 g/mol. The van der Waals surface area contributed by atoms with Gasteiger partial charge in [-0.1, -0.05) is 18.2 Å². The van der Waals surface area contributed by atoms with Crippen LogP contribution in [0.25, 0.3) is 6.08 Å². The van der Waals surface area contributed by atoms with E-state index < -0.39 is 0 Å². The summed E-state index contributed by atoms with van der Waals surface area (Å²) in [5, 5.41) is 0. The van der Waals surface area contributed by atoms with Crippen molar-refractivity contribution < 1.29 is 9.13 Å². The lowest BCUT2D eigenvalue weighted by Gasteiger charge is -2.04. The van der Waals surface area contributed by atoms with Crippen molar-refractivity contribution in [2.45, 2.75) is 0 Å². The molecule has 1 rings (SSSR count). The first-order valence-electron chi connectivity index (χ1n) is 3.98. The molecule has 0 heterocycles. The summed E-state index contributed by atoms with van der Waals surface area (Å²) in [6.45, 7) is 0.386. The third kappa shape index (κ3) is 2.29. The van der Waals surface area contributed by atoms with E-state index in [1.165, 1.54) is 13.2 Å². The zero-order valence-electron chi connectivity index (χ0n) is 7.46. The standard InChI is InChI=1S/C10H12FNO/c1-13-10-6-2-5-9(11)8(10)4-3-7-12/h2-6H,7,12H2,1H3. The third-order valence-electron chi connectivity index (χ3n) is 1.65. The van der Waals surface area contributed by atoms with Gasteiger partial charge < -0.3 is 10.5 Å². The molecule has 0 spiro atoms. The van der Waals surface area contributed by atoms with Crippen molar-refractivity contribution in [3.8, 4) is 5.75 Å². The molecule has 0 aliphatic heterocycles. The number of hydrogen-bond acceptors (Lipinski definition) is 2. The molecule has 0 atom stereocenters. The molecule has 13 heavy (non-hydrogen) atoms. The molecule has 0 radical (unpaired) electrons. The first-order valence-corrected chi connectivity index (χ1v) is 3.98. The molecule has 3 heteroatoms. The Morgan fingerprint density at radius 2 is 2.31 bits per heavy atom. The van der Waals surface area contributed by atoms with E-state index in [9.17, 15) is 4.39 Å². The van der Waals surface area contributed by atoms with Crippen LogP contribution in [0, 0.1) is 5.82 Å². The highest BCUT2D eigenvalue weighted by molar-refractivity contribution is 5.57. The van der Waals surface area contributed by atoms with Gasteiger partial charge in [0.1, 0.15) is 11.6 Å². The summed E-state index contributed by atoms with van der Waals surface area (Å²) in [5.41, 5.74) is 5.71. The Morgan fingerprint density at radius 3 is 2.92 bits per heavy atom. The summed E-state index contributed by atoms with van der Waals surface area (Å²) in [6, 6.07) is 4.70. The van der Waals surface area contributed by atoms with Crippen molar-refractivity contribution in [1.82, 2.24) is 0 Å². The van der Waals surface area contributed by atoms with Crippen LogP contribution in [-0.4, -0.2) is 13.7 Å². The number of methoxy groups -OCH3 is 1. The van der Waals surface area contributed by atoms with Crippen molar-refractivity contribution >= 4 is 6.08 Å². The lowest BCUT2D eigenvalue weighted by atomic mass is 10.1. The molecular formula is C10H12FNO. The van der Waals surface area contributed by atoms with E-state index in [1.54, 1.807) is 24.3 Å². The molecule has 0 aliphatic carbocycles. The Labute approximate surface area is 76.8 Å². The van der Waals surface area contributed by atoms with E-state index in [0.29, 0.717) is 17.9 Å². The van der Waals surface area contributed by atoms with Crippen LogP contribution < -0.4 is 10.5 Å². The maximum absolute atomic E-state index is 13.2. The van der Waals surface area contributed by atoms with Crippen molar-refractivity contribution in [3.63, 3.8) is 0 Å². The first-order chi connectivity index (χ1) is 6.29. The smallest absolute Gasteiger partial charge is 0.134 e. The Bertz CT molecular complexity index is 310. The Hall–Kier alpha value is -1.35. The Balaban J connectivity index is 3.07. The largest absolute Gasteiger partial charge is 0.496 e. The van der Waals surface area contributed by atoms with Gasteiger partial charge in [-0.05, 0) is 12.1 Å². The summed E-state index contributed by atoms with van der Waals surface area (Å²) >= 11 is 0. The molecule has 0 fully saturated rings. The van der Waals surface area contributed by atoms with Crippen LogP contribution in [0.2, 0.25) is 0 Å². The molecule has 0 aromatic heterocycles. The molecule has 0 saturated carbocycles. The molecule has 1 aromatic rings. The van der Waals surface area contributed by atoms with Gasteiger partial charge in [-0.3, -0.25) is 0 Å². The third-order valence-corrected chi connectivity index (χ3v) is 1.65. The van der Waals surface area contributed by atoms with E-state index in [4.69, 9.17) is 10.5 Å². The van der Waals surface area contributed by atoms with Gasteiger partial charge in [0.2, 0.25) is 0 Å². The minimum atomic E-state index is -0.302. The zero-order valence-corrected chi connectivity index (χ0v) is 7.46. The van der Waals surface area contributed by atoms with Gasteiger partial charge in [-0.25, -0.2) is 4.39 Å². The molecule has 0 unspecified atom stereocenters. The second-order valence-corrected chi connectivity index (χ2v) is 2.49. The van der Waals surface area contributed by atoms with E-state index >= 15 is 0 Å². The van der Waals surface area contributed by atoms with Gasteiger partial charge in [0.05, 0.1) is 12.7 Å². The highest BCUT2D eigenvalue weighted by Gasteiger charge is 2.03. The lowest BCUT2D eigenvalue weighted by molar-refractivity contribution is 0.410. The number of rotatable bonds is 3. The van der Waals surface area contributed by atoms with Crippen LogP contribution in [0.15, 0.2) is 24.3 Å². The van der Waals surface area contributed by atoms with E-state index in [1.807, 2.05) is 0 Å². The minimum Gasteiger partial charge on any atom is -0.496 e. The Kier molecular flexibility index (Phi) is 3.46. The monoisotopic (exact) mass is 181 g/mol.